The van der Waals surface area contributed by atoms with Gasteiger partial charge in [-0.25, -0.2) is 4.79 Å². The first-order chi connectivity index (χ1) is 7.50. The van der Waals surface area contributed by atoms with Crippen LogP contribution in [0.4, 0.5) is 0 Å². The first-order valence-electron chi connectivity index (χ1n) is 4.97. The number of aromatic hydroxyl groups is 1. The molecule has 0 saturated heterocycles. The highest BCUT2D eigenvalue weighted by Crippen LogP contribution is 2.32. The maximum absolute atomic E-state index is 10.9. The van der Waals surface area contributed by atoms with E-state index < -0.39 is 5.97 Å². The van der Waals surface area contributed by atoms with Crippen molar-refractivity contribution in [1.29, 1.82) is 0 Å². The van der Waals surface area contributed by atoms with Crippen LogP contribution in [0.25, 0.3) is 10.8 Å². The van der Waals surface area contributed by atoms with Crippen LogP contribution in [0.3, 0.4) is 0 Å². The minimum atomic E-state index is -1.11. The molecule has 3 nitrogen and oxygen atoms in total. The summed E-state index contributed by atoms with van der Waals surface area (Å²) in [5.74, 6) is -1.27. The Kier molecular flexibility index (Phi) is 2.31. The van der Waals surface area contributed by atoms with E-state index in [-0.39, 0.29) is 11.3 Å². The molecule has 0 aliphatic rings. The number of aromatic carboxylic acids is 1. The maximum atomic E-state index is 10.9. The Morgan fingerprint density at radius 1 is 1.12 bits per heavy atom. The van der Waals surface area contributed by atoms with Crippen molar-refractivity contribution in [3.8, 4) is 5.75 Å². The van der Waals surface area contributed by atoms with Crippen molar-refractivity contribution in [3.63, 3.8) is 0 Å². The number of hydrogen-bond donors (Lipinski definition) is 2. The van der Waals surface area contributed by atoms with E-state index in [9.17, 15) is 9.90 Å². The Labute approximate surface area is 93.0 Å². The third-order valence-corrected chi connectivity index (χ3v) is 2.70. The van der Waals surface area contributed by atoms with Gasteiger partial charge in [0.2, 0.25) is 0 Å². The predicted molar refractivity (Wildman–Crippen MR) is 62.0 cm³/mol. The summed E-state index contributed by atoms with van der Waals surface area (Å²) >= 11 is 0. The van der Waals surface area contributed by atoms with Crippen molar-refractivity contribution in [1.82, 2.24) is 0 Å². The zero-order chi connectivity index (χ0) is 11.9. The van der Waals surface area contributed by atoms with Gasteiger partial charge < -0.3 is 10.2 Å². The molecule has 2 aromatic rings. The maximum Gasteiger partial charge on any atom is 0.339 e. The Morgan fingerprint density at radius 2 is 1.81 bits per heavy atom. The topological polar surface area (TPSA) is 57.5 Å². The molecular formula is C13H12O3. The molecule has 2 aromatic carbocycles. The van der Waals surface area contributed by atoms with E-state index in [2.05, 4.69) is 0 Å². The zero-order valence-corrected chi connectivity index (χ0v) is 9.11. The predicted octanol–water partition coefficient (Wildman–Crippen LogP) is 2.86. The molecule has 0 bridgehead atoms. The molecule has 0 unspecified atom stereocenters. The smallest absolute Gasteiger partial charge is 0.339 e. The first kappa shape index (κ1) is 10.5. The average molecular weight is 216 g/mol. The van der Waals surface area contributed by atoms with E-state index >= 15 is 0 Å². The Bertz CT molecular complexity index is 585. The summed E-state index contributed by atoms with van der Waals surface area (Å²) in [5, 5.41) is 20.3. The standard InChI is InChI=1S/C13H12O3/c1-7-3-4-9-10(5-7)8(2)6-11(12(9)14)13(15)16/h3-6,14H,1-2H3,(H,15,16). The monoisotopic (exact) mass is 216 g/mol. The van der Waals surface area contributed by atoms with E-state index in [1.165, 1.54) is 6.07 Å². The lowest BCUT2D eigenvalue weighted by Gasteiger charge is -2.08. The van der Waals surface area contributed by atoms with Gasteiger partial charge in [0, 0.05) is 5.39 Å². The zero-order valence-electron chi connectivity index (χ0n) is 9.11. The Hall–Kier alpha value is -2.03. The normalized spacial score (nSPS) is 10.6. The average Bonchev–Trinajstić information content (AvgIpc) is 2.22. The number of fused-ring (bicyclic) bond motifs is 1. The second-order valence-corrected chi connectivity index (χ2v) is 3.94. The Morgan fingerprint density at radius 3 is 2.44 bits per heavy atom. The fourth-order valence-electron chi connectivity index (χ4n) is 1.86. The Balaban J connectivity index is 2.90. The first-order valence-corrected chi connectivity index (χ1v) is 4.97. The quantitative estimate of drug-likeness (QED) is 0.770. The van der Waals surface area contributed by atoms with Gasteiger partial charge in [-0.2, -0.15) is 0 Å². The van der Waals surface area contributed by atoms with E-state index in [1.54, 1.807) is 6.07 Å². The largest absolute Gasteiger partial charge is 0.506 e. The molecular weight excluding hydrogens is 204 g/mol. The van der Waals surface area contributed by atoms with Gasteiger partial charge in [-0.1, -0.05) is 23.8 Å². The molecule has 0 aliphatic carbocycles. The van der Waals surface area contributed by atoms with Crippen LogP contribution >= 0.6 is 0 Å². The number of phenols is 1. The van der Waals surface area contributed by atoms with Crippen LogP contribution in [0.5, 0.6) is 5.75 Å². The molecule has 2 N–H and O–H groups in total. The lowest BCUT2D eigenvalue weighted by molar-refractivity contribution is 0.0694. The van der Waals surface area contributed by atoms with E-state index in [4.69, 9.17) is 5.11 Å². The summed E-state index contributed by atoms with van der Waals surface area (Å²) in [5.41, 5.74) is 1.89. The lowest BCUT2D eigenvalue weighted by atomic mass is 9.99. The fraction of sp³-hybridized carbons (Fsp3) is 0.154. The molecule has 16 heavy (non-hydrogen) atoms. The minimum absolute atomic E-state index is 0.0474. The summed E-state index contributed by atoms with van der Waals surface area (Å²) in [4.78, 5) is 10.9. The molecule has 0 aliphatic heterocycles. The van der Waals surface area contributed by atoms with Crippen molar-refractivity contribution < 1.29 is 15.0 Å². The molecule has 2 rings (SSSR count). The van der Waals surface area contributed by atoms with Gasteiger partial charge in [-0.3, -0.25) is 0 Å². The van der Waals surface area contributed by atoms with Gasteiger partial charge in [0.05, 0.1) is 0 Å². The van der Waals surface area contributed by atoms with Crippen LogP contribution in [0.1, 0.15) is 21.5 Å². The second-order valence-electron chi connectivity index (χ2n) is 3.94. The van der Waals surface area contributed by atoms with Crippen LogP contribution < -0.4 is 0 Å². The molecule has 0 fully saturated rings. The highest BCUT2D eigenvalue weighted by atomic mass is 16.4. The highest BCUT2D eigenvalue weighted by molar-refractivity contribution is 6.01. The molecule has 3 heteroatoms. The summed E-state index contributed by atoms with van der Waals surface area (Å²) in [6.07, 6.45) is 0. The second kappa shape index (κ2) is 3.52. The van der Waals surface area contributed by atoms with Crippen molar-refractivity contribution in [3.05, 3.63) is 41.0 Å². The molecule has 0 atom stereocenters. The molecule has 82 valence electrons. The molecule has 0 radical (unpaired) electrons. The summed E-state index contributed by atoms with van der Waals surface area (Å²) in [6.45, 7) is 3.80. The van der Waals surface area contributed by atoms with Crippen molar-refractivity contribution in [2.24, 2.45) is 0 Å². The van der Waals surface area contributed by atoms with E-state index in [0.717, 1.165) is 16.5 Å². The number of carboxylic acids is 1. The summed E-state index contributed by atoms with van der Waals surface area (Å²) in [6, 6.07) is 7.04. The lowest BCUT2D eigenvalue weighted by Crippen LogP contribution is -1.98. The number of carbonyl (C=O) groups is 1. The molecule has 0 heterocycles. The van der Waals surface area contributed by atoms with Gasteiger partial charge in [-0.05, 0) is 30.9 Å². The summed E-state index contributed by atoms with van der Waals surface area (Å²) in [7, 11) is 0. The van der Waals surface area contributed by atoms with Crippen LogP contribution in [-0.2, 0) is 0 Å². The van der Waals surface area contributed by atoms with Crippen LogP contribution in [0.15, 0.2) is 24.3 Å². The number of rotatable bonds is 1. The minimum Gasteiger partial charge on any atom is -0.506 e. The molecule has 0 aromatic heterocycles. The third kappa shape index (κ3) is 1.50. The van der Waals surface area contributed by atoms with Crippen molar-refractivity contribution in [2.75, 3.05) is 0 Å². The number of aryl methyl sites for hydroxylation is 2. The van der Waals surface area contributed by atoms with Gasteiger partial charge >= 0.3 is 5.97 Å². The van der Waals surface area contributed by atoms with Crippen LogP contribution in [-0.4, -0.2) is 16.2 Å². The van der Waals surface area contributed by atoms with Gasteiger partial charge in [0.1, 0.15) is 11.3 Å². The summed E-state index contributed by atoms with van der Waals surface area (Å²) < 4.78 is 0. The van der Waals surface area contributed by atoms with Gasteiger partial charge in [-0.15, -0.1) is 0 Å². The van der Waals surface area contributed by atoms with Crippen LogP contribution in [0.2, 0.25) is 0 Å². The SMILES string of the molecule is Cc1ccc2c(O)c(C(=O)O)cc(C)c2c1. The molecule has 0 saturated carbocycles. The number of hydrogen-bond acceptors (Lipinski definition) is 2. The van der Waals surface area contributed by atoms with Crippen molar-refractivity contribution >= 4 is 16.7 Å². The number of carboxylic acid groups (broad SMARTS) is 1. The third-order valence-electron chi connectivity index (χ3n) is 2.70. The highest BCUT2D eigenvalue weighted by Gasteiger charge is 2.14. The molecule has 0 amide bonds. The van der Waals surface area contributed by atoms with Crippen molar-refractivity contribution in [2.45, 2.75) is 13.8 Å². The number of benzene rings is 2. The fourth-order valence-corrected chi connectivity index (χ4v) is 1.86. The van der Waals surface area contributed by atoms with Gasteiger partial charge in [0.15, 0.2) is 0 Å². The van der Waals surface area contributed by atoms with E-state index in [0.29, 0.717) is 5.39 Å². The van der Waals surface area contributed by atoms with Crippen LogP contribution in [0, 0.1) is 13.8 Å². The van der Waals surface area contributed by atoms with E-state index in [1.807, 2.05) is 26.0 Å². The molecule has 0 spiro atoms. The van der Waals surface area contributed by atoms with Gasteiger partial charge in [0.25, 0.3) is 0 Å².